The predicted molar refractivity (Wildman–Crippen MR) is 65.0 cm³/mol. The minimum absolute atomic E-state index is 0.499. The number of hydrogen-bond donors (Lipinski definition) is 0. The van der Waals surface area contributed by atoms with Crippen molar-refractivity contribution in [1.29, 1.82) is 0 Å². The van der Waals surface area contributed by atoms with Gasteiger partial charge in [0, 0.05) is 20.8 Å². The summed E-state index contributed by atoms with van der Waals surface area (Å²) in [6.07, 6.45) is 0. The fraction of sp³-hybridized carbons (Fsp3) is 0.900. The van der Waals surface area contributed by atoms with Gasteiger partial charge in [0.25, 0.3) is 0 Å². The standard InChI is InChI=1S/C10H21N2O5S/c1-8-9(2,3)12(10(4,5)11(8)6)16-17-18(13,14)15-7/h1-7H3/q+1. The SMILES string of the molecule is COS(=O)(=O)OON1C(C)(C)C(C)=[N+](C)C1(C)C. The molecule has 0 aromatic carbocycles. The van der Waals surface area contributed by atoms with E-state index in [-0.39, 0.29) is 0 Å². The second-order valence-electron chi connectivity index (χ2n) is 5.21. The van der Waals surface area contributed by atoms with Crippen molar-refractivity contribution in [3.05, 3.63) is 0 Å². The highest BCUT2D eigenvalue weighted by Crippen LogP contribution is 2.34. The second-order valence-corrected chi connectivity index (χ2v) is 6.50. The van der Waals surface area contributed by atoms with E-state index in [1.807, 2.05) is 46.2 Å². The highest BCUT2D eigenvalue weighted by atomic mass is 32.3. The van der Waals surface area contributed by atoms with Crippen LogP contribution in [0.2, 0.25) is 0 Å². The van der Waals surface area contributed by atoms with Crippen LogP contribution >= 0.6 is 0 Å². The number of hydroxylamine groups is 2. The molecular weight excluding hydrogens is 260 g/mol. The van der Waals surface area contributed by atoms with Crippen LogP contribution in [0.4, 0.5) is 0 Å². The van der Waals surface area contributed by atoms with Crippen molar-refractivity contribution in [3.8, 4) is 0 Å². The molecule has 0 bridgehead atoms. The fourth-order valence-corrected chi connectivity index (χ4v) is 2.26. The molecule has 0 saturated heterocycles. The van der Waals surface area contributed by atoms with Crippen molar-refractivity contribution >= 4 is 16.1 Å². The lowest BCUT2D eigenvalue weighted by Crippen LogP contribution is -2.53. The summed E-state index contributed by atoms with van der Waals surface area (Å²) >= 11 is 0. The Morgan fingerprint density at radius 2 is 1.72 bits per heavy atom. The third-order valence-electron chi connectivity index (χ3n) is 3.61. The maximum atomic E-state index is 11.1. The van der Waals surface area contributed by atoms with Gasteiger partial charge in [0.2, 0.25) is 5.66 Å². The van der Waals surface area contributed by atoms with Crippen molar-refractivity contribution in [2.45, 2.75) is 45.8 Å². The molecule has 1 rings (SSSR count). The molecule has 0 aromatic heterocycles. The highest BCUT2D eigenvalue weighted by Gasteiger charge is 2.57. The van der Waals surface area contributed by atoms with Crippen LogP contribution in [0.1, 0.15) is 34.6 Å². The molecule has 1 aliphatic rings. The lowest BCUT2D eigenvalue weighted by molar-refractivity contribution is -0.630. The molecule has 0 N–H and O–H groups in total. The maximum Gasteiger partial charge on any atom is 0.427 e. The Hall–Kier alpha value is -0.540. The predicted octanol–water partition coefficient (Wildman–Crippen LogP) is 0.674. The summed E-state index contributed by atoms with van der Waals surface area (Å²) in [6.45, 7) is 9.57. The molecule has 0 saturated carbocycles. The van der Waals surface area contributed by atoms with Crippen LogP contribution in [-0.4, -0.2) is 49.1 Å². The Kier molecular flexibility index (Phi) is 3.91. The van der Waals surface area contributed by atoms with Gasteiger partial charge in [0.05, 0.1) is 7.11 Å². The van der Waals surface area contributed by atoms with Gasteiger partial charge in [0.1, 0.15) is 12.6 Å². The van der Waals surface area contributed by atoms with Crippen LogP contribution in [0.5, 0.6) is 0 Å². The molecule has 0 atom stereocenters. The van der Waals surface area contributed by atoms with E-state index in [9.17, 15) is 8.42 Å². The lowest BCUT2D eigenvalue weighted by Gasteiger charge is -2.31. The van der Waals surface area contributed by atoms with Crippen LogP contribution in [0.3, 0.4) is 0 Å². The second kappa shape index (κ2) is 4.53. The van der Waals surface area contributed by atoms with Crippen LogP contribution in [0.15, 0.2) is 0 Å². The first kappa shape index (κ1) is 15.5. The van der Waals surface area contributed by atoms with Gasteiger partial charge in [0.15, 0.2) is 5.71 Å². The molecule has 0 aliphatic carbocycles. The molecule has 1 aliphatic heterocycles. The van der Waals surface area contributed by atoms with Gasteiger partial charge in [-0.2, -0.15) is 8.42 Å². The minimum Gasteiger partial charge on any atom is -0.250 e. The quantitative estimate of drug-likeness (QED) is 0.429. The van der Waals surface area contributed by atoms with Crippen molar-refractivity contribution < 1.29 is 26.5 Å². The highest BCUT2D eigenvalue weighted by molar-refractivity contribution is 7.81. The topological polar surface area (TPSA) is 68.1 Å². The molecule has 8 heteroatoms. The zero-order valence-electron chi connectivity index (χ0n) is 11.8. The summed E-state index contributed by atoms with van der Waals surface area (Å²) in [4.78, 5) is 4.99. The summed E-state index contributed by atoms with van der Waals surface area (Å²) < 4.78 is 32.8. The Labute approximate surface area is 108 Å². The van der Waals surface area contributed by atoms with E-state index in [1.165, 1.54) is 5.06 Å². The summed E-state index contributed by atoms with van der Waals surface area (Å²) in [5.41, 5.74) is -0.0100. The molecule has 0 fully saturated rings. The first-order chi connectivity index (χ1) is 7.97. The fourth-order valence-electron chi connectivity index (χ4n) is 2.07. The number of hydrogen-bond acceptors (Lipinski definition) is 6. The smallest absolute Gasteiger partial charge is 0.250 e. The van der Waals surface area contributed by atoms with E-state index < -0.39 is 21.6 Å². The Bertz CT molecular complexity index is 443. The molecule has 18 heavy (non-hydrogen) atoms. The van der Waals surface area contributed by atoms with Gasteiger partial charge in [-0.1, -0.05) is 9.40 Å². The largest absolute Gasteiger partial charge is 0.427 e. The van der Waals surface area contributed by atoms with E-state index >= 15 is 0 Å². The van der Waals surface area contributed by atoms with Gasteiger partial charge >= 0.3 is 10.4 Å². The molecule has 0 radical (unpaired) electrons. The third kappa shape index (κ3) is 2.43. The van der Waals surface area contributed by atoms with E-state index in [4.69, 9.17) is 4.99 Å². The molecular formula is C10H21N2O5S+. The normalized spacial score (nSPS) is 23.7. The molecule has 7 nitrogen and oxygen atoms in total. The first-order valence-corrected chi connectivity index (χ1v) is 6.85. The average Bonchev–Trinajstić information content (AvgIpc) is 2.36. The van der Waals surface area contributed by atoms with E-state index in [2.05, 4.69) is 8.52 Å². The maximum absolute atomic E-state index is 11.1. The van der Waals surface area contributed by atoms with E-state index in [0.717, 1.165) is 12.8 Å². The van der Waals surface area contributed by atoms with Crippen molar-refractivity contribution in [2.75, 3.05) is 14.2 Å². The summed E-state index contributed by atoms with van der Waals surface area (Å²) in [6, 6.07) is 0. The van der Waals surface area contributed by atoms with Gasteiger partial charge in [-0.05, 0) is 13.8 Å². The van der Waals surface area contributed by atoms with Gasteiger partial charge in [-0.15, -0.1) is 4.99 Å². The zero-order valence-corrected chi connectivity index (χ0v) is 12.7. The molecule has 0 amide bonds. The Balaban J connectivity index is 2.98. The summed E-state index contributed by atoms with van der Waals surface area (Å²) in [7, 11) is -1.22. The average molecular weight is 281 g/mol. The molecule has 0 aromatic rings. The molecule has 0 spiro atoms. The molecule has 0 unspecified atom stereocenters. The van der Waals surface area contributed by atoms with Crippen molar-refractivity contribution in [3.63, 3.8) is 0 Å². The van der Waals surface area contributed by atoms with Gasteiger partial charge in [-0.25, -0.2) is 8.76 Å². The van der Waals surface area contributed by atoms with Crippen molar-refractivity contribution in [1.82, 2.24) is 5.06 Å². The van der Waals surface area contributed by atoms with Crippen LogP contribution in [-0.2, 0) is 23.9 Å². The van der Waals surface area contributed by atoms with Crippen molar-refractivity contribution in [2.24, 2.45) is 0 Å². The van der Waals surface area contributed by atoms with E-state index in [1.54, 1.807) is 0 Å². The summed E-state index contributed by atoms with van der Waals surface area (Å²) in [5.74, 6) is 0. The van der Waals surface area contributed by atoms with Crippen LogP contribution < -0.4 is 0 Å². The van der Waals surface area contributed by atoms with Crippen LogP contribution in [0.25, 0.3) is 0 Å². The zero-order chi connectivity index (χ0) is 14.4. The van der Waals surface area contributed by atoms with Crippen LogP contribution in [0, 0.1) is 0 Å². The molecule has 106 valence electrons. The minimum atomic E-state index is -4.13. The Morgan fingerprint density at radius 3 is 2.06 bits per heavy atom. The monoisotopic (exact) mass is 281 g/mol. The van der Waals surface area contributed by atoms with E-state index in [0.29, 0.717) is 0 Å². The number of nitrogens with zero attached hydrogens (tertiary/aromatic N) is 2. The summed E-state index contributed by atoms with van der Waals surface area (Å²) in [5, 5.41) is 1.48. The Morgan fingerprint density at radius 1 is 1.22 bits per heavy atom. The van der Waals surface area contributed by atoms with Gasteiger partial charge < -0.3 is 0 Å². The molecule has 1 heterocycles. The third-order valence-corrected chi connectivity index (χ3v) is 4.24. The number of rotatable bonds is 4. The first-order valence-electron chi connectivity index (χ1n) is 5.52. The van der Waals surface area contributed by atoms with Gasteiger partial charge in [-0.3, -0.25) is 0 Å². The lowest BCUT2D eigenvalue weighted by atomic mass is 10.0.